The van der Waals surface area contributed by atoms with Crippen molar-refractivity contribution in [2.24, 2.45) is 5.92 Å². The smallest absolute Gasteiger partial charge is 0.0410 e. The number of hydrogen-bond acceptors (Lipinski definition) is 1. The summed E-state index contributed by atoms with van der Waals surface area (Å²) in [5.41, 5.74) is 8.03. The average molecular weight is 210 g/mol. The molecule has 0 heterocycles. The van der Waals surface area contributed by atoms with E-state index >= 15 is 0 Å². The molecule has 0 aliphatic heterocycles. The van der Waals surface area contributed by atoms with Crippen molar-refractivity contribution in [1.82, 2.24) is 0 Å². The lowest BCUT2D eigenvalue weighted by Crippen LogP contribution is -2.02. The second kappa shape index (κ2) is 4.22. The minimum Gasteiger partial charge on any atom is -0.399 e. The van der Waals surface area contributed by atoms with Crippen molar-refractivity contribution in [3.05, 3.63) is 28.8 Å². The first-order valence-electron chi connectivity index (χ1n) is 5.29. The van der Waals surface area contributed by atoms with Crippen LogP contribution in [0.3, 0.4) is 0 Å². The Morgan fingerprint density at radius 3 is 2.71 bits per heavy atom. The molecule has 1 nitrogen and oxygen atoms in total. The Morgan fingerprint density at radius 2 is 2.00 bits per heavy atom. The Bertz CT molecular complexity index is 316. The minimum atomic E-state index is 0.798. The van der Waals surface area contributed by atoms with Crippen LogP contribution in [0.4, 0.5) is 5.69 Å². The molecule has 14 heavy (non-hydrogen) atoms. The summed E-state index contributed by atoms with van der Waals surface area (Å²) in [4.78, 5) is 0. The van der Waals surface area contributed by atoms with E-state index in [0.717, 1.165) is 23.0 Å². The van der Waals surface area contributed by atoms with Gasteiger partial charge in [-0.3, -0.25) is 0 Å². The first kappa shape index (κ1) is 9.85. The molecule has 0 amide bonds. The molecule has 2 heteroatoms. The molecule has 0 radical (unpaired) electrons. The molecule has 2 rings (SSSR count). The summed E-state index contributed by atoms with van der Waals surface area (Å²) in [6.45, 7) is 0. The van der Waals surface area contributed by atoms with Crippen molar-refractivity contribution in [1.29, 1.82) is 0 Å². The Balaban J connectivity index is 2.10. The van der Waals surface area contributed by atoms with Crippen LogP contribution in [0.2, 0.25) is 5.02 Å². The van der Waals surface area contributed by atoms with Gasteiger partial charge in [-0.1, -0.05) is 37.3 Å². The molecule has 1 aliphatic rings. The maximum Gasteiger partial charge on any atom is 0.0410 e. The van der Waals surface area contributed by atoms with E-state index in [9.17, 15) is 0 Å². The van der Waals surface area contributed by atoms with E-state index in [1.807, 2.05) is 18.2 Å². The van der Waals surface area contributed by atoms with Crippen molar-refractivity contribution in [2.45, 2.75) is 32.1 Å². The molecule has 0 spiro atoms. The molecule has 1 aliphatic carbocycles. The lowest BCUT2D eigenvalue weighted by atomic mass is 9.97. The maximum absolute atomic E-state index is 5.95. The summed E-state index contributed by atoms with van der Waals surface area (Å²) < 4.78 is 0. The summed E-state index contributed by atoms with van der Waals surface area (Å²) >= 11 is 5.95. The van der Waals surface area contributed by atoms with E-state index in [-0.39, 0.29) is 0 Å². The zero-order valence-electron chi connectivity index (χ0n) is 8.30. The molecule has 1 saturated carbocycles. The van der Waals surface area contributed by atoms with Crippen LogP contribution in [0.5, 0.6) is 0 Å². The standard InChI is InChI=1S/C12H16ClN/c13-11-5-6-12(14)10(8-11)7-9-3-1-2-4-9/h5-6,8-9H,1-4,7,14H2. The van der Waals surface area contributed by atoms with Crippen LogP contribution < -0.4 is 5.73 Å². The van der Waals surface area contributed by atoms with E-state index < -0.39 is 0 Å². The van der Waals surface area contributed by atoms with Gasteiger partial charge in [-0.25, -0.2) is 0 Å². The molecule has 76 valence electrons. The largest absolute Gasteiger partial charge is 0.399 e. The van der Waals surface area contributed by atoms with Gasteiger partial charge in [-0.05, 0) is 36.1 Å². The van der Waals surface area contributed by atoms with Crippen LogP contribution in [-0.2, 0) is 6.42 Å². The Hall–Kier alpha value is -0.690. The fourth-order valence-electron chi connectivity index (χ4n) is 2.28. The first-order chi connectivity index (χ1) is 6.75. The highest BCUT2D eigenvalue weighted by Crippen LogP contribution is 2.30. The van der Waals surface area contributed by atoms with Gasteiger partial charge in [0.25, 0.3) is 0 Å². The van der Waals surface area contributed by atoms with Crippen LogP contribution in [0.1, 0.15) is 31.2 Å². The Labute approximate surface area is 90.3 Å². The number of rotatable bonds is 2. The van der Waals surface area contributed by atoms with Gasteiger partial charge in [-0.2, -0.15) is 0 Å². The average Bonchev–Trinajstić information content (AvgIpc) is 2.64. The highest BCUT2D eigenvalue weighted by atomic mass is 35.5. The van der Waals surface area contributed by atoms with E-state index in [1.54, 1.807) is 0 Å². The predicted molar refractivity (Wildman–Crippen MR) is 61.5 cm³/mol. The fourth-order valence-corrected chi connectivity index (χ4v) is 2.47. The van der Waals surface area contributed by atoms with Gasteiger partial charge in [0, 0.05) is 10.7 Å². The van der Waals surface area contributed by atoms with Crippen molar-refractivity contribution in [3.8, 4) is 0 Å². The van der Waals surface area contributed by atoms with Crippen LogP contribution in [0, 0.1) is 5.92 Å². The summed E-state index contributed by atoms with van der Waals surface area (Å²) in [6, 6.07) is 5.77. The quantitative estimate of drug-likeness (QED) is 0.740. The van der Waals surface area contributed by atoms with Crippen molar-refractivity contribution < 1.29 is 0 Å². The molecular weight excluding hydrogens is 194 g/mol. The van der Waals surface area contributed by atoms with E-state index in [4.69, 9.17) is 17.3 Å². The van der Waals surface area contributed by atoms with Crippen LogP contribution in [0.15, 0.2) is 18.2 Å². The molecule has 0 bridgehead atoms. The van der Waals surface area contributed by atoms with E-state index in [2.05, 4.69) is 0 Å². The molecule has 0 saturated heterocycles. The minimum absolute atomic E-state index is 0.798. The topological polar surface area (TPSA) is 26.0 Å². The zero-order chi connectivity index (χ0) is 9.97. The van der Waals surface area contributed by atoms with Crippen molar-refractivity contribution in [2.75, 3.05) is 5.73 Å². The second-order valence-electron chi connectivity index (χ2n) is 4.20. The third-order valence-corrected chi connectivity index (χ3v) is 3.32. The van der Waals surface area contributed by atoms with Gasteiger partial charge in [0.2, 0.25) is 0 Å². The fraction of sp³-hybridized carbons (Fsp3) is 0.500. The lowest BCUT2D eigenvalue weighted by Gasteiger charge is -2.11. The third kappa shape index (κ3) is 2.21. The van der Waals surface area contributed by atoms with Crippen molar-refractivity contribution in [3.63, 3.8) is 0 Å². The maximum atomic E-state index is 5.95. The van der Waals surface area contributed by atoms with E-state index in [1.165, 1.54) is 31.2 Å². The Morgan fingerprint density at radius 1 is 1.29 bits per heavy atom. The van der Waals surface area contributed by atoms with Gasteiger partial charge in [0.05, 0.1) is 0 Å². The molecule has 0 atom stereocenters. The molecule has 2 N–H and O–H groups in total. The van der Waals surface area contributed by atoms with Crippen LogP contribution >= 0.6 is 11.6 Å². The van der Waals surface area contributed by atoms with Gasteiger partial charge < -0.3 is 5.73 Å². The molecular formula is C12H16ClN. The van der Waals surface area contributed by atoms with E-state index in [0.29, 0.717) is 0 Å². The van der Waals surface area contributed by atoms with Crippen LogP contribution in [0.25, 0.3) is 0 Å². The Kier molecular flexibility index (Phi) is 2.97. The van der Waals surface area contributed by atoms with Gasteiger partial charge in [0.15, 0.2) is 0 Å². The molecule has 0 unspecified atom stereocenters. The van der Waals surface area contributed by atoms with Gasteiger partial charge in [-0.15, -0.1) is 0 Å². The summed E-state index contributed by atoms with van der Waals surface area (Å²) in [7, 11) is 0. The molecule has 1 fully saturated rings. The monoisotopic (exact) mass is 209 g/mol. The molecule has 1 aromatic rings. The lowest BCUT2D eigenvalue weighted by molar-refractivity contribution is 0.547. The highest BCUT2D eigenvalue weighted by molar-refractivity contribution is 6.30. The van der Waals surface area contributed by atoms with Gasteiger partial charge in [0.1, 0.15) is 0 Å². The van der Waals surface area contributed by atoms with Crippen molar-refractivity contribution >= 4 is 17.3 Å². The number of benzene rings is 1. The number of anilines is 1. The second-order valence-corrected chi connectivity index (χ2v) is 4.63. The summed E-state index contributed by atoms with van der Waals surface area (Å²) in [6.07, 6.45) is 6.57. The SMILES string of the molecule is Nc1ccc(Cl)cc1CC1CCCC1. The number of nitrogens with two attached hydrogens (primary N) is 1. The number of halogens is 1. The number of nitrogen functional groups attached to an aromatic ring is 1. The normalized spacial score (nSPS) is 17.5. The summed E-state index contributed by atoms with van der Waals surface area (Å²) in [5.74, 6) is 0.829. The molecule has 1 aromatic carbocycles. The third-order valence-electron chi connectivity index (χ3n) is 3.09. The predicted octanol–water partition coefficient (Wildman–Crippen LogP) is 3.65. The zero-order valence-corrected chi connectivity index (χ0v) is 9.06. The first-order valence-corrected chi connectivity index (χ1v) is 5.67. The van der Waals surface area contributed by atoms with Gasteiger partial charge >= 0.3 is 0 Å². The van der Waals surface area contributed by atoms with Crippen LogP contribution in [-0.4, -0.2) is 0 Å². The molecule has 0 aromatic heterocycles. The highest BCUT2D eigenvalue weighted by Gasteiger charge is 2.16. The number of hydrogen-bond donors (Lipinski definition) is 1. The summed E-state index contributed by atoms with van der Waals surface area (Å²) in [5, 5.41) is 0.798.